The second-order valence-electron chi connectivity index (χ2n) is 6.43. The molecular weight excluding hydrogens is 356 g/mol. The van der Waals surface area contributed by atoms with E-state index in [1.165, 1.54) is 0 Å². The fourth-order valence-electron chi connectivity index (χ4n) is 2.93. The molecule has 1 aromatic rings. The largest absolute Gasteiger partial charge is 0.470 e. The molecule has 0 spiro atoms. The predicted octanol–water partition coefficient (Wildman–Crippen LogP) is 1.52. The standard InChI is InChI=1S/C16H26N6O3S/c1-3-12(2)25-15-13(22(23)24)14(20-8-10-26-11-9-20)18-16(19-15)21-6-4-17-5-7-21/h12,17H,3-11H2,1-2H3. The zero-order valence-electron chi connectivity index (χ0n) is 15.3. The molecule has 10 heteroatoms. The molecule has 2 saturated heterocycles. The number of hydrogen-bond donors (Lipinski definition) is 1. The van der Waals surface area contributed by atoms with Gasteiger partial charge in [-0.1, -0.05) is 6.92 Å². The molecule has 3 heterocycles. The molecule has 1 atom stereocenters. The Kier molecular flexibility index (Phi) is 6.36. The highest BCUT2D eigenvalue weighted by Crippen LogP contribution is 2.37. The van der Waals surface area contributed by atoms with Gasteiger partial charge >= 0.3 is 11.6 Å². The molecule has 26 heavy (non-hydrogen) atoms. The minimum atomic E-state index is -0.406. The molecule has 0 aromatic carbocycles. The number of nitro groups is 1. The lowest BCUT2D eigenvalue weighted by atomic mass is 10.3. The van der Waals surface area contributed by atoms with Crippen LogP contribution >= 0.6 is 11.8 Å². The highest BCUT2D eigenvalue weighted by atomic mass is 32.2. The Hall–Kier alpha value is -1.81. The smallest absolute Gasteiger partial charge is 0.373 e. The second kappa shape index (κ2) is 8.72. The van der Waals surface area contributed by atoms with Crippen molar-refractivity contribution >= 4 is 29.2 Å². The molecule has 0 bridgehead atoms. The van der Waals surface area contributed by atoms with Gasteiger partial charge in [0.05, 0.1) is 11.0 Å². The van der Waals surface area contributed by atoms with Gasteiger partial charge in [-0.2, -0.15) is 21.7 Å². The zero-order valence-corrected chi connectivity index (χ0v) is 16.1. The number of nitrogens with zero attached hydrogens (tertiary/aromatic N) is 5. The third-order valence-corrected chi connectivity index (χ3v) is 5.55. The molecule has 2 fully saturated rings. The van der Waals surface area contributed by atoms with Crippen LogP contribution in [0.2, 0.25) is 0 Å². The van der Waals surface area contributed by atoms with E-state index in [9.17, 15) is 10.1 Å². The number of aromatic nitrogens is 2. The van der Waals surface area contributed by atoms with E-state index in [2.05, 4.69) is 20.2 Å². The van der Waals surface area contributed by atoms with Gasteiger partial charge in [-0.3, -0.25) is 10.1 Å². The minimum Gasteiger partial charge on any atom is -0.470 e. The molecule has 9 nitrogen and oxygen atoms in total. The Morgan fingerprint density at radius 3 is 2.54 bits per heavy atom. The summed E-state index contributed by atoms with van der Waals surface area (Å²) in [6.45, 7) is 8.60. The summed E-state index contributed by atoms with van der Waals surface area (Å²) in [5.74, 6) is 2.86. The van der Waals surface area contributed by atoms with E-state index in [1.54, 1.807) is 0 Å². The maximum Gasteiger partial charge on any atom is 0.373 e. The SMILES string of the molecule is CCC(C)Oc1nc(N2CCNCC2)nc(N2CCSCC2)c1[N+](=O)[O-]. The van der Waals surface area contributed by atoms with Crippen LogP contribution < -0.4 is 19.9 Å². The molecule has 144 valence electrons. The summed E-state index contributed by atoms with van der Waals surface area (Å²) >= 11 is 1.85. The number of hydrogen-bond acceptors (Lipinski definition) is 9. The summed E-state index contributed by atoms with van der Waals surface area (Å²) < 4.78 is 5.85. The maximum atomic E-state index is 11.8. The Labute approximate surface area is 157 Å². The first kappa shape index (κ1) is 19.0. The van der Waals surface area contributed by atoms with Gasteiger partial charge in [0.1, 0.15) is 0 Å². The van der Waals surface area contributed by atoms with E-state index in [0.717, 1.165) is 57.2 Å². The third-order valence-electron chi connectivity index (χ3n) is 4.60. The van der Waals surface area contributed by atoms with Gasteiger partial charge in [-0.05, 0) is 13.3 Å². The van der Waals surface area contributed by atoms with Crippen LogP contribution in [-0.2, 0) is 0 Å². The van der Waals surface area contributed by atoms with Crippen LogP contribution in [0.25, 0.3) is 0 Å². The number of anilines is 2. The van der Waals surface area contributed by atoms with Crippen LogP contribution in [0.5, 0.6) is 5.88 Å². The molecule has 1 unspecified atom stereocenters. The van der Waals surface area contributed by atoms with Crippen molar-refractivity contribution in [3.05, 3.63) is 10.1 Å². The van der Waals surface area contributed by atoms with Crippen molar-refractivity contribution in [2.24, 2.45) is 0 Å². The van der Waals surface area contributed by atoms with E-state index in [4.69, 9.17) is 4.74 Å². The van der Waals surface area contributed by atoms with E-state index >= 15 is 0 Å². The van der Waals surface area contributed by atoms with Crippen molar-refractivity contribution in [3.8, 4) is 5.88 Å². The molecule has 0 saturated carbocycles. The van der Waals surface area contributed by atoms with E-state index < -0.39 is 4.92 Å². The van der Waals surface area contributed by atoms with Crippen molar-refractivity contribution in [2.75, 3.05) is 60.6 Å². The highest BCUT2D eigenvalue weighted by molar-refractivity contribution is 7.99. The van der Waals surface area contributed by atoms with Gasteiger partial charge < -0.3 is 19.9 Å². The van der Waals surface area contributed by atoms with Gasteiger partial charge in [0, 0.05) is 50.8 Å². The summed E-state index contributed by atoms with van der Waals surface area (Å²) in [5, 5.41) is 15.1. The lowest BCUT2D eigenvalue weighted by molar-refractivity contribution is -0.385. The van der Waals surface area contributed by atoms with Crippen molar-refractivity contribution in [3.63, 3.8) is 0 Å². The maximum absolute atomic E-state index is 11.8. The number of thioether (sulfide) groups is 1. The highest BCUT2D eigenvalue weighted by Gasteiger charge is 2.32. The van der Waals surface area contributed by atoms with Crippen molar-refractivity contribution in [2.45, 2.75) is 26.4 Å². The first-order valence-electron chi connectivity index (χ1n) is 9.11. The van der Waals surface area contributed by atoms with Gasteiger partial charge in [-0.25, -0.2) is 0 Å². The Balaban J connectivity index is 2.05. The van der Waals surface area contributed by atoms with Crippen LogP contribution in [0, 0.1) is 10.1 Å². The van der Waals surface area contributed by atoms with E-state index in [-0.39, 0.29) is 17.7 Å². The van der Waals surface area contributed by atoms with Crippen LogP contribution in [0.15, 0.2) is 0 Å². The zero-order chi connectivity index (χ0) is 18.5. The first-order valence-corrected chi connectivity index (χ1v) is 10.3. The molecule has 1 N–H and O–H groups in total. The Morgan fingerprint density at radius 1 is 1.23 bits per heavy atom. The Morgan fingerprint density at radius 2 is 1.92 bits per heavy atom. The number of ether oxygens (including phenoxy) is 1. The summed E-state index contributed by atoms with van der Waals surface area (Å²) in [6, 6.07) is 0. The molecule has 2 aliphatic heterocycles. The molecular formula is C16H26N6O3S. The number of nitrogens with one attached hydrogen (secondary N) is 1. The predicted molar refractivity (Wildman–Crippen MR) is 104 cm³/mol. The summed E-state index contributed by atoms with van der Waals surface area (Å²) in [4.78, 5) is 24.5. The van der Waals surface area contributed by atoms with Crippen LogP contribution in [0.1, 0.15) is 20.3 Å². The summed E-state index contributed by atoms with van der Waals surface area (Å²) in [5.41, 5.74) is -0.115. The van der Waals surface area contributed by atoms with E-state index in [1.807, 2.05) is 30.5 Å². The quantitative estimate of drug-likeness (QED) is 0.580. The van der Waals surface area contributed by atoms with Crippen molar-refractivity contribution in [1.82, 2.24) is 15.3 Å². The molecule has 0 amide bonds. The van der Waals surface area contributed by atoms with Crippen LogP contribution in [0.3, 0.4) is 0 Å². The van der Waals surface area contributed by atoms with Crippen LogP contribution in [-0.4, -0.2) is 71.8 Å². The summed E-state index contributed by atoms with van der Waals surface area (Å²) in [6.07, 6.45) is 0.601. The number of rotatable bonds is 6. The van der Waals surface area contributed by atoms with E-state index in [0.29, 0.717) is 11.8 Å². The van der Waals surface area contributed by atoms with Crippen molar-refractivity contribution in [1.29, 1.82) is 0 Å². The fourth-order valence-corrected chi connectivity index (χ4v) is 3.83. The summed E-state index contributed by atoms with van der Waals surface area (Å²) in [7, 11) is 0. The van der Waals surface area contributed by atoms with Crippen LogP contribution in [0.4, 0.5) is 17.5 Å². The molecule has 1 aromatic heterocycles. The second-order valence-corrected chi connectivity index (χ2v) is 7.66. The third kappa shape index (κ3) is 4.29. The fraction of sp³-hybridized carbons (Fsp3) is 0.750. The molecule has 2 aliphatic rings. The monoisotopic (exact) mass is 382 g/mol. The molecule has 0 radical (unpaired) electrons. The van der Waals surface area contributed by atoms with Gasteiger partial charge in [-0.15, -0.1) is 0 Å². The minimum absolute atomic E-state index is 0.0844. The Bertz CT molecular complexity index is 635. The number of piperazine rings is 1. The van der Waals surface area contributed by atoms with Gasteiger partial charge in [0.25, 0.3) is 0 Å². The van der Waals surface area contributed by atoms with Crippen molar-refractivity contribution < 1.29 is 9.66 Å². The van der Waals surface area contributed by atoms with Gasteiger partial charge in [0.15, 0.2) is 0 Å². The average Bonchev–Trinajstić information content (AvgIpc) is 2.68. The topological polar surface area (TPSA) is 96.7 Å². The average molecular weight is 382 g/mol. The lowest BCUT2D eigenvalue weighted by Crippen LogP contribution is -2.44. The molecule has 0 aliphatic carbocycles. The molecule has 3 rings (SSSR count). The lowest BCUT2D eigenvalue weighted by Gasteiger charge is -2.31. The first-order chi connectivity index (χ1) is 12.6. The van der Waals surface area contributed by atoms with Gasteiger partial charge in [0.2, 0.25) is 11.8 Å². The normalized spacial score (nSPS) is 19.3.